The van der Waals surface area contributed by atoms with E-state index in [4.69, 9.17) is 5.11 Å². The molecule has 18 heavy (non-hydrogen) atoms. The van der Waals surface area contributed by atoms with E-state index in [2.05, 4.69) is 10.3 Å². The Hall–Kier alpha value is -2.24. The van der Waals surface area contributed by atoms with Gasteiger partial charge in [-0.1, -0.05) is 11.3 Å². The first-order chi connectivity index (χ1) is 8.49. The van der Waals surface area contributed by atoms with Gasteiger partial charge < -0.3 is 5.11 Å². The third kappa shape index (κ3) is 2.22. The monoisotopic (exact) mass is 249 g/mol. The van der Waals surface area contributed by atoms with Crippen LogP contribution in [0.5, 0.6) is 0 Å². The Balaban J connectivity index is 2.32. The standard InChI is InChI=1S/C12H12FN3O2/c1-7-5-10(13)4-3-9(7)6-16-8(2)11(12(17)18)14-15-16/h3-5H,6H2,1-2H3,(H,17,18). The lowest BCUT2D eigenvalue weighted by Crippen LogP contribution is -2.07. The van der Waals surface area contributed by atoms with E-state index < -0.39 is 5.97 Å². The molecule has 1 aromatic heterocycles. The third-order valence-corrected chi connectivity index (χ3v) is 2.81. The molecule has 0 aliphatic rings. The van der Waals surface area contributed by atoms with E-state index in [0.29, 0.717) is 12.2 Å². The molecule has 0 bridgehead atoms. The third-order valence-electron chi connectivity index (χ3n) is 2.81. The minimum Gasteiger partial charge on any atom is -0.476 e. The summed E-state index contributed by atoms with van der Waals surface area (Å²) in [5.74, 6) is -1.40. The second-order valence-corrected chi connectivity index (χ2v) is 4.06. The summed E-state index contributed by atoms with van der Waals surface area (Å²) in [6, 6.07) is 4.46. The van der Waals surface area contributed by atoms with Gasteiger partial charge in [0.1, 0.15) is 5.82 Å². The van der Waals surface area contributed by atoms with Crippen molar-refractivity contribution in [2.45, 2.75) is 20.4 Å². The molecule has 5 nitrogen and oxygen atoms in total. The van der Waals surface area contributed by atoms with E-state index in [9.17, 15) is 9.18 Å². The molecule has 0 fully saturated rings. The van der Waals surface area contributed by atoms with Gasteiger partial charge in [-0.25, -0.2) is 13.9 Å². The molecule has 1 aromatic carbocycles. The van der Waals surface area contributed by atoms with Crippen molar-refractivity contribution in [1.29, 1.82) is 0 Å². The zero-order valence-corrected chi connectivity index (χ0v) is 10.0. The number of benzene rings is 1. The highest BCUT2D eigenvalue weighted by atomic mass is 19.1. The minimum absolute atomic E-state index is 0.0604. The van der Waals surface area contributed by atoms with Crippen molar-refractivity contribution in [3.8, 4) is 0 Å². The van der Waals surface area contributed by atoms with Crippen molar-refractivity contribution in [3.05, 3.63) is 46.5 Å². The minimum atomic E-state index is -1.10. The van der Waals surface area contributed by atoms with Crippen molar-refractivity contribution < 1.29 is 14.3 Å². The average molecular weight is 249 g/mol. The SMILES string of the molecule is Cc1cc(F)ccc1Cn1nnc(C(=O)O)c1C. The lowest BCUT2D eigenvalue weighted by molar-refractivity contribution is 0.0689. The molecule has 1 N–H and O–H groups in total. The molecule has 1 heterocycles. The number of halogens is 1. The molecule has 0 atom stereocenters. The molecule has 2 rings (SSSR count). The zero-order chi connectivity index (χ0) is 13.3. The normalized spacial score (nSPS) is 10.6. The fourth-order valence-corrected chi connectivity index (χ4v) is 1.71. The number of carboxylic acids is 1. The predicted molar refractivity (Wildman–Crippen MR) is 62.0 cm³/mol. The fourth-order valence-electron chi connectivity index (χ4n) is 1.71. The summed E-state index contributed by atoms with van der Waals surface area (Å²) >= 11 is 0. The van der Waals surface area contributed by atoms with Gasteiger partial charge in [-0.2, -0.15) is 0 Å². The van der Waals surface area contributed by atoms with Crippen LogP contribution in [0.4, 0.5) is 4.39 Å². The molecule has 0 spiro atoms. The predicted octanol–water partition coefficient (Wildman–Crippen LogP) is 1.78. The van der Waals surface area contributed by atoms with Crippen LogP contribution in [0.2, 0.25) is 0 Å². The van der Waals surface area contributed by atoms with Crippen molar-refractivity contribution in [1.82, 2.24) is 15.0 Å². The second-order valence-electron chi connectivity index (χ2n) is 4.06. The summed E-state index contributed by atoms with van der Waals surface area (Å²) in [5.41, 5.74) is 2.09. The summed E-state index contributed by atoms with van der Waals surface area (Å²) in [7, 11) is 0. The lowest BCUT2D eigenvalue weighted by Gasteiger charge is -2.07. The number of carboxylic acid groups (broad SMARTS) is 1. The molecule has 0 saturated heterocycles. The van der Waals surface area contributed by atoms with Crippen LogP contribution in [0.25, 0.3) is 0 Å². The maximum Gasteiger partial charge on any atom is 0.358 e. The van der Waals surface area contributed by atoms with E-state index in [1.807, 2.05) is 0 Å². The van der Waals surface area contributed by atoms with Crippen LogP contribution in [0.3, 0.4) is 0 Å². The van der Waals surface area contributed by atoms with E-state index >= 15 is 0 Å². The number of carbonyl (C=O) groups is 1. The Kier molecular flexibility index (Phi) is 3.10. The molecule has 94 valence electrons. The van der Waals surface area contributed by atoms with E-state index in [0.717, 1.165) is 11.1 Å². The highest BCUT2D eigenvalue weighted by Crippen LogP contribution is 2.13. The summed E-state index contributed by atoms with van der Waals surface area (Å²) in [6.07, 6.45) is 0. The van der Waals surface area contributed by atoms with Gasteiger partial charge >= 0.3 is 5.97 Å². The van der Waals surface area contributed by atoms with Gasteiger partial charge in [0.25, 0.3) is 0 Å². The average Bonchev–Trinajstić information content (AvgIpc) is 2.64. The van der Waals surface area contributed by atoms with E-state index in [1.165, 1.54) is 16.8 Å². The first kappa shape index (κ1) is 12.2. The molecule has 0 unspecified atom stereocenters. The smallest absolute Gasteiger partial charge is 0.358 e. The number of aryl methyl sites for hydroxylation is 1. The van der Waals surface area contributed by atoms with Crippen LogP contribution >= 0.6 is 0 Å². The van der Waals surface area contributed by atoms with Crippen molar-refractivity contribution >= 4 is 5.97 Å². The Labute approximate surface area is 103 Å². The van der Waals surface area contributed by atoms with Crippen molar-refractivity contribution in [2.24, 2.45) is 0 Å². The fraction of sp³-hybridized carbons (Fsp3) is 0.250. The number of aromatic carboxylic acids is 1. The van der Waals surface area contributed by atoms with Gasteiger partial charge in [0, 0.05) is 0 Å². The van der Waals surface area contributed by atoms with Gasteiger partial charge in [0.05, 0.1) is 12.2 Å². The maximum atomic E-state index is 13.0. The number of aromatic nitrogens is 3. The van der Waals surface area contributed by atoms with Crippen molar-refractivity contribution in [3.63, 3.8) is 0 Å². The Morgan fingerprint density at radius 3 is 2.72 bits per heavy atom. The van der Waals surface area contributed by atoms with Crippen LogP contribution in [-0.4, -0.2) is 26.1 Å². The number of hydrogen-bond acceptors (Lipinski definition) is 3. The van der Waals surface area contributed by atoms with Crippen LogP contribution in [-0.2, 0) is 6.54 Å². The van der Waals surface area contributed by atoms with Crippen LogP contribution < -0.4 is 0 Å². The Morgan fingerprint density at radius 1 is 1.44 bits per heavy atom. The number of rotatable bonds is 3. The number of hydrogen-bond donors (Lipinski definition) is 1. The molecule has 0 aliphatic carbocycles. The molecule has 0 aliphatic heterocycles. The first-order valence-electron chi connectivity index (χ1n) is 5.37. The Morgan fingerprint density at radius 2 is 2.17 bits per heavy atom. The Bertz CT molecular complexity index is 607. The van der Waals surface area contributed by atoms with Gasteiger partial charge in [-0.05, 0) is 37.1 Å². The molecule has 2 aromatic rings. The van der Waals surface area contributed by atoms with Gasteiger partial charge in [0.15, 0.2) is 5.69 Å². The lowest BCUT2D eigenvalue weighted by atomic mass is 10.1. The summed E-state index contributed by atoms with van der Waals surface area (Å²) in [6.45, 7) is 3.81. The molecule has 6 heteroatoms. The largest absolute Gasteiger partial charge is 0.476 e. The van der Waals surface area contributed by atoms with Gasteiger partial charge in [-0.15, -0.1) is 5.10 Å². The van der Waals surface area contributed by atoms with Crippen LogP contribution in [0.1, 0.15) is 27.3 Å². The maximum absolute atomic E-state index is 13.0. The van der Waals surface area contributed by atoms with Crippen molar-refractivity contribution in [2.75, 3.05) is 0 Å². The second kappa shape index (κ2) is 4.56. The topological polar surface area (TPSA) is 68.0 Å². The first-order valence-corrected chi connectivity index (χ1v) is 5.37. The highest BCUT2D eigenvalue weighted by Gasteiger charge is 2.15. The summed E-state index contributed by atoms with van der Waals surface area (Å²) in [4.78, 5) is 10.8. The zero-order valence-electron chi connectivity index (χ0n) is 10.0. The van der Waals surface area contributed by atoms with Crippen LogP contribution in [0.15, 0.2) is 18.2 Å². The highest BCUT2D eigenvalue weighted by molar-refractivity contribution is 5.86. The molecule has 0 amide bonds. The van der Waals surface area contributed by atoms with E-state index in [1.54, 1.807) is 19.9 Å². The molecular weight excluding hydrogens is 237 g/mol. The molecular formula is C12H12FN3O2. The quantitative estimate of drug-likeness (QED) is 0.900. The van der Waals surface area contributed by atoms with Gasteiger partial charge in [-0.3, -0.25) is 0 Å². The van der Waals surface area contributed by atoms with E-state index in [-0.39, 0.29) is 11.5 Å². The van der Waals surface area contributed by atoms with Gasteiger partial charge in [0.2, 0.25) is 0 Å². The molecule has 0 saturated carbocycles. The number of nitrogens with zero attached hydrogens (tertiary/aromatic N) is 3. The van der Waals surface area contributed by atoms with Crippen LogP contribution in [0, 0.1) is 19.7 Å². The summed E-state index contributed by atoms with van der Waals surface area (Å²) < 4.78 is 14.5. The summed E-state index contributed by atoms with van der Waals surface area (Å²) in [5, 5.41) is 16.3. The molecule has 0 radical (unpaired) electrons.